The van der Waals surface area contributed by atoms with Crippen LogP contribution in [0.25, 0.3) is 0 Å². The topological polar surface area (TPSA) is 93.7 Å². The van der Waals surface area contributed by atoms with Crippen molar-refractivity contribution in [1.29, 1.82) is 0 Å². The fourth-order valence-electron chi connectivity index (χ4n) is 2.70. The van der Waals surface area contributed by atoms with Gasteiger partial charge >= 0.3 is 5.97 Å². The first-order valence-electron chi connectivity index (χ1n) is 9.19. The Bertz CT molecular complexity index is 902. The van der Waals surface area contributed by atoms with Crippen molar-refractivity contribution in [3.63, 3.8) is 0 Å². The van der Waals surface area contributed by atoms with Gasteiger partial charge in [0.15, 0.2) is 6.61 Å². The molecule has 2 aromatic carbocycles. The average molecular weight is 414 g/mol. The van der Waals surface area contributed by atoms with E-state index in [1.165, 1.54) is 11.8 Å². The van der Waals surface area contributed by atoms with Crippen LogP contribution >= 0.6 is 11.8 Å². The molecule has 2 aromatic rings. The fourth-order valence-corrected chi connectivity index (χ4v) is 3.79. The Hall–Kier alpha value is -3.00. The van der Waals surface area contributed by atoms with E-state index in [2.05, 4.69) is 10.6 Å². The number of hydrogen-bond donors (Lipinski definition) is 2. The van der Waals surface area contributed by atoms with Gasteiger partial charge < -0.3 is 20.1 Å². The molecule has 0 spiro atoms. The molecule has 0 saturated heterocycles. The van der Waals surface area contributed by atoms with Crippen molar-refractivity contribution < 1.29 is 23.9 Å². The first kappa shape index (κ1) is 20.7. The summed E-state index contributed by atoms with van der Waals surface area (Å²) >= 11 is 1.31. The number of para-hydroxylation sites is 1. The zero-order valence-electron chi connectivity index (χ0n) is 16.0. The Balaban J connectivity index is 1.34. The van der Waals surface area contributed by atoms with Gasteiger partial charge in [0.05, 0.1) is 23.9 Å². The summed E-state index contributed by atoms with van der Waals surface area (Å²) in [7, 11) is 0. The van der Waals surface area contributed by atoms with E-state index in [-0.39, 0.29) is 12.3 Å². The van der Waals surface area contributed by atoms with E-state index >= 15 is 0 Å². The quantitative estimate of drug-likeness (QED) is 0.509. The minimum Gasteiger partial charge on any atom is -0.492 e. The van der Waals surface area contributed by atoms with E-state index in [1.54, 1.807) is 0 Å². The van der Waals surface area contributed by atoms with E-state index < -0.39 is 23.7 Å². The lowest BCUT2D eigenvalue weighted by Crippen LogP contribution is -2.34. The molecule has 3 rings (SSSR count). The van der Waals surface area contributed by atoms with Gasteiger partial charge in [0.25, 0.3) is 5.91 Å². The van der Waals surface area contributed by atoms with E-state index in [0.29, 0.717) is 13.2 Å². The summed E-state index contributed by atoms with van der Waals surface area (Å²) < 4.78 is 10.5. The van der Waals surface area contributed by atoms with Crippen LogP contribution in [0.4, 0.5) is 5.69 Å². The predicted octanol–water partition coefficient (Wildman–Crippen LogP) is 2.54. The number of fused-ring (bicyclic) bond motifs is 1. The van der Waals surface area contributed by atoms with Crippen LogP contribution in [0.15, 0.2) is 53.4 Å². The number of carbonyl (C=O) groups excluding carboxylic acids is 3. The molecule has 2 amide bonds. The van der Waals surface area contributed by atoms with Crippen molar-refractivity contribution >= 4 is 35.2 Å². The largest absolute Gasteiger partial charge is 0.492 e. The van der Waals surface area contributed by atoms with Gasteiger partial charge in [-0.2, -0.15) is 0 Å². The van der Waals surface area contributed by atoms with Crippen LogP contribution in [0.1, 0.15) is 12.0 Å². The number of anilines is 1. The molecule has 0 bridgehead atoms. The van der Waals surface area contributed by atoms with Crippen molar-refractivity contribution in [2.45, 2.75) is 23.5 Å². The molecule has 29 heavy (non-hydrogen) atoms. The molecule has 1 atom stereocenters. The van der Waals surface area contributed by atoms with E-state index in [1.807, 2.05) is 55.5 Å². The van der Waals surface area contributed by atoms with Crippen LogP contribution < -0.4 is 15.4 Å². The molecule has 152 valence electrons. The maximum absolute atomic E-state index is 12.1. The molecule has 1 aliphatic heterocycles. The third-order valence-corrected chi connectivity index (χ3v) is 5.38. The summed E-state index contributed by atoms with van der Waals surface area (Å²) in [6, 6.07) is 15.0. The first-order chi connectivity index (χ1) is 14.0. The Morgan fingerprint density at radius 3 is 2.83 bits per heavy atom. The lowest BCUT2D eigenvalue weighted by Gasteiger charge is -2.23. The molecule has 8 heteroatoms. The highest BCUT2D eigenvalue weighted by molar-refractivity contribution is 8.01. The summed E-state index contributed by atoms with van der Waals surface area (Å²) in [6.07, 6.45) is -0.103. The lowest BCUT2D eigenvalue weighted by atomic mass is 10.2. The molecule has 0 fully saturated rings. The molecule has 0 unspecified atom stereocenters. The third-order valence-electron chi connectivity index (χ3n) is 4.11. The number of ether oxygens (including phenoxy) is 2. The smallest absolute Gasteiger partial charge is 0.307 e. The normalized spacial score (nSPS) is 15.1. The predicted molar refractivity (Wildman–Crippen MR) is 110 cm³/mol. The second kappa shape index (κ2) is 9.97. The monoisotopic (exact) mass is 414 g/mol. The second-order valence-electron chi connectivity index (χ2n) is 6.47. The van der Waals surface area contributed by atoms with E-state index in [0.717, 1.165) is 21.9 Å². The molecule has 0 aromatic heterocycles. The summed E-state index contributed by atoms with van der Waals surface area (Å²) in [5, 5.41) is 4.81. The number of thioether (sulfide) groups is 1. The minimum absolute atomic E-state index is 0.103. The molecular weight excluding hydrogens is 392 g/mol. The highest BCUT2D eigenvalue weighted by Crippen LogP contribution is 2.36. The standard InChI is InChI=1S/C21H22N2O5S/c1-14-5-4-6-15(11-14)27-10-9-22-19(24)13-28-20(25)12-18-21(26)23-16-7-2-3-8-17(16)29-18/h2-8,11,18H,9-10,12-13H2,1H3,(H,22,24)(H,23,26)/t18-/m1/s1. The summed E-state index contributed by atoms with van der Waals surface area (Å²) in [5.74, 6) is -0.528. The number of esters is 1. The lowest BCUT2D eigenvalue weighted by molar-refractivity contribution is -0.149. The van der Waals surface area contributed by atoms with Crippen molar-refractivity contribution in [1.82, 2.24) is 5.32 Å². The van der Waals surface area contributed by atoms with Crippen LogP contribution in [0.3, 0.4) is 0 Å². The van der Waals surface area contributed by atoms with Gasteiger partial charge in [-0.25, -0.2) is 0 Å². The average Bonchev–Trinajstić information content (AvgIpc) is 2.70. The number of amides is 2. The van der Waals surface area contributed by atoms with Crippen molar-refractivity contribution in [2.75, 3.05) is 25.1 Å². The second-order valence-corrected chi connectivity index (χ2v) is 7.72. The first-order valence-corrected chi connectivity index (χ1v) is 10.1. The zero-order valence-corrected chi connectivity index (χ0v) is 16.8. The Labute approximate surface area is 173 Å². The van der Waals surface area contributed by atoms with Gasteiger partial charge in [-0.1, -0.05) is 24.3 Å². The van der Waals surface area contributed by atoms with Crippen LogP contribution in [-0.4, -0.2) is 42.8 Å². The van der Waals surface area contributed by atoms with Gasteiger partial charge in [-0.3, -0.25) is 14.4 Å². The van der Waals surface area contributed by atoms with Crippen molar-refractivity contribution in [3.8, 4) is 5.75 Å². The SMILES string of the molecule is Cc1cccc(OCCNC(=O)COC(=O)C[C@H]2Sc3ccccc3NC2=O)c1. The van der Waals surface area contributed by atoms with Crippen LogP contribution in [-0.2, 0) is 19.1 Å². The highest BCUT2D eigenvalue weighted by atomic mass is 32.2. The van der Waals surface area contributed by atoms with E-state index in [4.69, 9.17) is 9.47 Å². The van der Waals surface area contributed by atoms with Gasteiger partial charge in [-0.15, -0.1) is 11.8 Å². The number of aryl methyl sites for hydroxylation is 1. The Morgan fingerprint density at radius 1 is 1.17 bits per heavy atom. The molecule has 1 aliphatic rings. The van der Waals surface area contributed by atoms with Gasteiger partial charge in [0, 0.05) is 4.90 Å². The van der Waals surface area contributed by atoms with Crippen LogP contribution in [0.5, 0.6) is 5.75 Å². The molecular formula is C21H22N2O5S. The number of rotatable bonds is 8. The van der Waals surface area contributed by atoms with Gasteiger partial charge in [0.1, 0.15) is 12.4 Å². The number of carbonyl (C=O) groups is 3. The van der Waals surface area contributed by atoms with Crippen LogP contribution in [0.2, 0.25) is 0 Å². The molecule has 1 heterocycles. The molecule has 0 radical (unpaired) electrons. The maximum atomic E-state index is 12.1. The Morgan fingerprint density at radius 2 is 2.00 bits per heavy atom. The van der Waals surface area contributed by atoms with Crippen molar-refractivity contribution in [3.05, 3.63) is 54.1 Å². The Kier molecular flexibility index (Phi) is 7.13. The summed E-state index contributed by atoms with van der Waals surface area (Å²) in [6.45, 7) is 2.18. The van der Waals surface area contributed by atoms with Gasteiger partial charge in [-0.05, 0) is 36.8 Å². The van der Waals surface area contributed by atoms with Crippen LogP contribution in [0, 0.1) is 6.92 Å². The number of hydrogen-bond acceptors (Lipinski definition) is 6. The van der Waals surface area contributed by atoms with Crippen molar-refractivity contribution in [2.24, 2.45) is 0 Å². The number of nitrogens with one attached hydrogen (secondary N) is 2. The summed E-state index contributed by atoms with van der Waals surface area (Å²) in [5.41, 5.74) is 1.83. The summed E-state index contributed by atoms with van der Waals surface area (Å²) in [4.78, 5) is 36.8. The molecule has 0 aliphatic carbocycles. The highest BCUT2D eigenvalue weighted by Gasteiger charge is 2.29. The fraction of sp³-hybridized carbons (Fsp3) is 0.286. The van der Waals surface area contributed by atoms with E-state index in [9.17, 15) is 14.4 Å². The molecule has 2 N–H and O–H groups in total. The molecule has 0 saturated carbocycles. The number of benzene rings is 2. The maximum Gasteiger partial charge on any atom is 0.307 e. The zero-order chi connectivity index (χ0) is 20.6. The van der Waals surface area contributed by atoms with Gasteiger partial charge in [0.2, 0.25) is 5.91 Å². The molecule has 7 nitrogen and oxygen atoms in total. The minimum atomic E-state index is -0.594. The third kappa shape index (κ3) is 6.25.